The van der Waals surface area contributed by atoms with Gasteiger partial charge in [0.1, 0.15) is 31.3 Å². The van der Waals surface area contributed by atoms with E-state index in [9.17, 15) is 52.7 Å². The quantitative estimate of drug-likeness (QED) is 0.0358. The molecule has 2 unspecified atom stereocenters. The van der Waals surface area contributed by atoms with Gasteiger partial charge in [-0.25, -0.2) is 9.59 Å². The fraction of sp³-hybridized carbons (Fsp3) is 0.615. The van der Waals surface area contributed by atoms with Crippen LogP contribution in [0.2, 0.25) is 0 Å². The molecular formula is C65H99N11O14. The molecule has 0 saturated carbocycles. The minimum Gasteiger partial charge on any atom is -0.445 e. The summed E-state index contributed by atoms with van der Waals surface area (Å²) in [5.41, 5.74) is 7.21. The standard InChI is InChI=1S/C65H99N11O14/c1-12-42(5)57(63(85)74(9)58(43(6)13-2)50(88-10)38-55(81)75-37-21-25-49(75)59(89-11)44(7)60(82)67-35-33-45-22-16-14-17-23-45)72-52(78)39-73(8)65(87)90-40-46-27-29-47(30-28-46)69-61(83)48(24-20-34-68-64(66)86)70-62(84)56(41(3)4)71-51(77)26-18-15-19-36-76-53(79)31-32-54(76)80/h14,16-17,22-23,27-32,41-44,48-50,56-59H,12-13,15,18-21,24-26,33-40H2,1-11H3,(H,67,82)(H,69,83)(H,70,84)(H,71,77)(H,72,78)(H3,66,68,86)/t42?,43-,44+,48-,49-,50+,56?,57-,58-,59+/m0/s1. The van der Waals surface area contributed by atoms with Gasteiger partial charge in [-0.2, -0.15) is 0 Å². The Morgan fingerprint density at radius 1 is 0.711 bits per heavy atom. The van der Waals surface area contributed by atoms with Crippen molar-refractivity contribution in [2.45, 2.75) is 175 Å². The number of likely N-dealkylation sites (tertiary alicyclic amines) is 1. The Morgan fingerprint density at radius 3 is 1.98 bits per heavy atom. The van der Waals surface area contributed by atoms with Crippen LogP contribution in [0, 0.1) is 23.7 Å². The SMILES string of the molecule is CCC(C)[C@H](NC(=O)CN(C)C(=O)OCc1ccc(NC(=O)[C@H](CCCNC(N)=O)NC(=O)C(NC(=O)CCCCCN2C(=O)C=CC2=O)C(C)C)cc1)C(=O)N(C)[C@@H]([C@@H](C)CC)[C@@H](CC(=O)N1CCC[C@H]1[C@H](OC)[C@@H](C)C(=O)NCCc1ccccc1)OC. The first-order chi connectivity index (χ1) is 42.8. The van der Waals surface area contributed by atoms with Crippen molar-refractivity contribution in [3.8, 4) is 0 Å². The fourth-order valence-electron chi connectivity index (χ4n) is 11.2. The normalized spacial score (nSPS) is 16.8. The van der Waals surface area contributed by atoms with Gasteiger partial charge in [0.05, 0.1) is 36.6 Å². The Labute approximate surface area is 530 Å². The number of likely N-dealkylation sites (N-methyl/N-ethyl adjacent to an activating group) is 2. The Morgan fingerprint density at radius 2 is 1.37 bits per heavy atom. The van der Waals surface area contributed by atoms with Crippen molar-refractivity contribution in [2.24, 2.45) is 29.4 Å². The number of carbonyl (C=O) groups is 11. The van der Waals surface area contributed by atoms with E-state index in [4.69, 9.17) is 19.9 Å². The number of unbranched alkanes of at least 4 members (excludes halogenated alkanes) is 2. The maximum absolute atomic E-state index is 14.7. The van der Waals surface area contributed by atoms with E-state index in [-0.39, 0.29) is 105 Å². The number of anilines is 1. The molecule has 8 N–H and O–H groups in total. The van der Waals surface area contributed by atoms with Crippen molar-refractivity contribution < 1.29 is 67.0 Å². The van der Waals surface area contributed by atoms with Gasteiger partial charge < -0.3 is 66.5 Å². The zero-order valence-corrected chi connectivity index (χ0v) is 54.5. The smallest absolute Gasteiger partial charge is 0.410 e. The zero-order chi connectivity index (χ0) is 66.6. The fourth-order valence-corrected chi connectivity index (χ4v) is 11.2. The third kappa shape index (κ3) is 23.1. The third-order valence-corrected chi connectivity index (χ3v) is 16.9. The maximum atomic E-state index is 14.7. The molecule has 0 aromatic heterocycles. The molecule has 10 atom stereocenters. The highest BCUT2D eigenvalue weighted by Gasteiger charge is 2.43. The average Bonchev–Trinajstić information content (AvgIpc) is 2.23. The van der Waals surface area contributed by atoms with Crippen molar-refractivity contribution in [3.63, 3.8) is 0 Å². The molecule has 2 aliphatic heterocycles. The highest BCUT2D eigenvalue weighted by molar-refractivity contribution is 6.12. The Kier molecular flexibility index (Phi) is 31.4. The lowest BCUT2D eigenvalue weighted by atomic mass is 9.89. The van der Waals surface area contributed by atoms with Gasteiger partial charge >= 0.3 is 12.1 Å². The summed E-state index contributed by atoms with van der Waals surface area (Å²) in [6.45, 7) is 13.7. The Bertz CT molecular complexity index is 2730. The van der Waals surface area contributed by atoms with Gasteiger partial charge in [-0.1, -0.05) is 110 Å². The summed E-state index contributed by atoms with van der Waals surface area (Å²) in [4.78, 5) is 150. The van der Waals surface area contributed by atoms with Gasteiger partial charge in [-0.3, -0.25) is 48.1 Å². The predicted octanol–water partition coefficient (Wildman–Crippen LogP) is 4.56. The van der Waals surface area contributed by atoms with Crippen LogP contribution in [0.5, 0.6) is 0 Å². The van der Waals surface area contributed by atoms with E-state index in [1.807, 2.05) is 65.0 Å². The summed E-state index contributed by atoms with van der Waals surface area (Å²) in [6.07, 6.45) is 5.46. The highest BCUT2D eigenvalue weighted by atomic mass is 16.6. The number of nitrogens with two attached hydrogens (primary N) is 1. The molecule has 90 heavy (non-hydrogen) atoms. The molecular weight excluding hydrogens is 1160 g/mol. The Hall–Kier alpha value is -7.93. The second-order valence-corrected chi connectivity index (χ2v) is 23.9. The lowest BCUT2D eigenvalue weighted by molar-refractivity contribution is -0.147. The molecule has 0 bridgehead atoms. The number of rotatable bonds is 38. The van der Waals surface area contributed by atoms with Crippen molar-refractivity contribution in [2.75, 3.05) is 66.4 Å². The van der Waals surface area contributed by atoms with Gasteiger partial charge in [0.2, 0.25) is 41.4 Å². The molecule has 0 spiro atoms. The third-order valence-electron chi connectivity index (χ3n) is 16.9. The minimum atomic E-state index is -1.10. The van der Waals surface area contributed by atoms with Crippen molar-refractivity contribution >= 4 is 71.0 Å². The topological polar surface area (TPSA) is 327 Å². The number of carbonyl (C=O) groups excluding carboxylic acids is 11. The minimum absolute atomic E-state index is 0.0478. The first-order valence-corrected chi connectivity index (χ1v) is 31.5. The lowest BCUT2D eigenvalue weighted by Crippen LogP contribution is -2.58. The Balaban J connectivity index is 1.32. The lowest BCUT2D eigenvalue weighted by Gasteiger charge is -2.41. The summed E-state index contributed by atoms with van der Waals surface area (Å²) in [5.74, 6) is -5.04. The number of urea groups is 1. The number of benzene rings is 2. The van der Waals surface area contributed by atoms with Crippen LogP contribution in [0.15, 0.2) is 66.7 Å². The first-order valence-electron chi connectivity index (χ1n) is 31.5. The highest BCUT2D eigenvalue weighted by Crippen LogP contribution is 2.30. The van der Waals surface area contributed by atoms with E-state index in [0.717, 1.165) is 21.8 Å². The van der Waals surface area contributed by atoms with Gasteiger partial charge in [0.25, 0.3) is 11.8 Å². The van der Waals surface area contributed by atoms with Crippen LogP contribution in [0.1, 0.15) is 130 Å². The van der Waals surface area contributed by atoms with Crippen molar-refractivity contribution in [1.29, 1.82) is 0 Å². The molecule has 1 saturated heterocycles. The molecule has 4 rings (SSSR count). The molecule has 0 aliphatic carbocycles. The summed E-state index contributed by atoms with van der Waals surface area (Å²) in [5, 5.41) is 16.7. The number of amides is 12. The number of hydrogen-bond donors (Lipinski definition) is 7. The molecule has 1 fully saturated rings. The number of ether oxygens (including phenoxy) is 3. The van der Waals surface area contributed by atoms with E-state index in [2.05, 4.69) is 31.9 Å². The molecule has 2 aliphatic rings. The van der Waals surface area contributed by atoms with E-state index in [0.29, 0.717) is 69.3 Å². The van der Waals surface area contributed by atoms with E-state index in [1.165, 1.54) is 26.3 Å². The van der Waals surface area contributed by atoms with Gasteiger partial charge in [-0.15, -0.1) is 0 Å². The molecule has 2 heterocycles. The van der Waals surface area contributed by atoms with Crippen LogP contribution in [0.25, 0.3) is 0 Å². The molecule has 2 aromatic carbocycles. The molecule has 498 valence electrons. The van der Waals surface area contributed by atoms with Crippen molar-refractivity contribution in [3.05, 3.63) is 77.9 Å². The average molecular weight is 1260 g/mol. The van der Waals surface area contributed by atoms with Crippen LogP contribution in [-0.4, -0.2) is 188 Å². The first kappa shape index (κ1) is 74.5. The van der Waals surface area contributed by atoms with Crippen LogP contribution < -0.4 is 37.6 Å². The number of nitrogens with zero attached hydrogens (tertiary/aromatic N) is 4. The molecule has 12 amide bonds. The summed E-state index contributed by atoms with van der Waals surface area (Å²) in [7, 11) is 6.11. The summed E-state index contributed by atoms with van der Waals surface area (Å²) in [6, 6.07) is 11.5. The van der Waals surface area contributed by atoms with E-state index in [1.54, 1.807) is 62.1 Å². The van der Waals surface area contributed by atoms with E-state index >= 15 is 0 Å². The van der Waals surface area contributed by atoms with Crippen molar-refractivity contribution in [1.82, 2.24) is 46.2 Å². The molecule has 2 aromatic rings. The van der Waals surface area contributed by atoms with Gasteiger partial charge in [0.15, 0.2) is 0 Å². The molecule has 25 heteroatoms. The summed E-state index contributed by atoms with van der Waals surface area (Å²) < 4.78 is 17.6. The number of methoxy groups -OCH3 is 2. The van der Waals surface area contributed by atoms with Crippen LogP contribution >= 0.6 is 0 Å². The predicted molar refractivity (Wildman–Crippen MR) is 338 cm³/mol. The number of hydrogen-bond acceptors (Lipinski definition) is 14. The molecule has 25 nitrogen and oxygen atoms in total. The molecule has 0 radical (unpaired) electrons. The van der Waals surface area contributed by atoms with Crippen LogP contribution in [-0.2, 0) is 70.4 Å². The van der Waals surface area contributed by atoms with Crippen LogP contribution in [0.3, 0.4) is 0 Å². The largest absolute Gasteiger partial charge is 0.445 e. The zero-order valence-electron chi connectivity index (χ0n) is 54.5. The maximum Gasteiger partial charge on any atom is 0.410 e. The second-order valence-electron chi connectivity index (χ2n) is 23.9. The number of primary amides is 1. The van der Waals surface area contributed by atoms with Crippen LogP contribution in [0.4, 0.5) is 15.3 Å². The van der Waals surface area contributed by atoms with E-state index < -0.39 is 78.7 Å². The monoisotopic (exact) mass is 1260 g/mol. The number of imide groups is 1. The number of nitrogens with one attached hydrogen (secondary N) is 6. The second kappa shape index (κ2) is 37.9. The van der Waals surface area contributed by atoms with Gasteiger partial charge in [-0.05, 0) is 86.0 Å². The van der Waals surface area contributed by atoms with Gasteiger partial charge in [0, 0.05) is 78.8 Å². The summed E-state index contributed by atoms with van der Waals surface area (Å²) >= 11 is 0.